The zero-order valence-electron chi connectivity index (χ0n) is 14.7. The maximum absolute atomic E-state index is 13.8. The van der Waals surface area contributed by atoms with Crippen molar-refractivity contribution in [2.24, 2.45) is 0 Å². The van der Waals surface area contributed by atoms with Crippen LogP contribution in [0.2, 0.25) is 0 Å². The lowest BCUT2D eigenvalue weighted by Gasteiger charge is -2.14. The summed E-state index contributed by atoms with van der Waals surface area (Å²) in [4.78, 5) is 12.4. The van der Waals surface area contributed by atoms with E-state index in [0.717, 1.165) is 12.8 Å². The molecule has 0 bridgehead atoms. The number of amides is 1. The smallest absolute Gasteiger partial charge is 0.287 e. The second-order valence-electron chi connectivity index (χ2n) is 6.36. The molecule has 1 aromatic heterocycles. The Hall–Kier alpha value is -2.19. The quantitative estimate of drug-likeness (QED) is 0.865. The third-order valence-corrected chi connectivity index (χ3v) is 6.50. The Morgan fingerprint density at radius 2 is 1.92 bits per heavy atom. The summed E-state index contributed by atoms with van der Waals surface area (Å²) in [6.45, 7) is 4.10. The van der Waals surface area contributed by atoms with Gasteiger partial charge in [-0.25, -0.2) is 12.8 Å². The monoisotopic (exact) mass is 380 g/mol. The topological polar surface area (TPSA) is 79.6 Å². The van der Waals surface area contributed by atoms with Gasteiger partial charge in [0.15, 0.2) is 5.76 Å². The minimum absolute atomic E-state index is 0.00287. The first kappa shape index (κ1) is 18.6. The fourth-order valence-corrected chi connectivity index (χ4v) is 4.75. The van der Waals surface area contributed by atoms with Gasteiger partial charge in [0, 0.05) is 24.7 Å². The Balaban J connectivity index is 1.80. The van der Waals surface area contributed by atoms with Gasteiger partial charge < -0.3 is 9.73 Å². The van der Waals surface area contributed by atoms with Crippen LogP contribution in [0, 0.1) is 12.7 Å². The first-order valence-corrected chi connectivity index (χ1v) is 9.90. The zero-order valence-corrected chi connectivity index (χ0v) is 15.5. The Morgan fingerprint density at radius 1 is 1.27 bits per heavy atom. The number of carbonyl (C=O) groups is 1. The highest BCUT2D eigenvalue weighted by molar-refractivity contribution is 7.89. The largest absolute Gasteiger partial charge is 0.455 e. The van der Waals surface area contributed by atoms with E-state index in [-0.39, 0.29) is 16.4 Å². The molecule has 0 spiro atoms. The molecule has 0 saturated carbocycles. The van der Waals surface area contributed by atoms with Gasteiger partial charge in [-0.1, -0.05) is 18.2 Å². The molecule has 1 aromatic carbocycles. The Morgan fingerprint density at radius 3 is 2.58 bits per heavy atom. The molecule has 2 aromatic rings. The van der Waals surface area contributed by atoms with Crippen molar-refractivity contribution in [2.45, 2.75) is 37.6 Å². The minimum atomic E-state index is -3.67. The van der Waals surface area contributed by atoms with E-state index < -0.39 is 27.8 Å². The van der Waals surface area contributed by atoms with Crippen molar-refractivity contribution < 1.29 is 22.0 Å². The third kappa shape index (κ3) is 3.52. The lowest BCUT2D eigenvalue weighted by atomic mass is 10.1. The van der Waals surface area contributed by atoms with Crippen molar-refractivity contribution in [1.82, 2.24) is 9.62 Å². The molecule has 1 saturated heterocycles. The number of carbonyl (C=O) groups excluding carboxylic acids is 1. The van der Waals surface area contributed by atoms with Crippen molar-refractivity contribution >= 4 is 15.9 Å². The van der Waals surface area contributed by atoms with E-state index in [9.17, 15) is 17.6 Å². The molecule has 0 radical (unpaired) electrons. The molecule has 1 amide bonds. The maximum atomic E-state index is 13.8. The number of rotatable bonds is 5. The highest BCUT2D eigenvalue weighted by atomic mass is 32.2. The average molecular weight is 380 g/mol. The van der Waals surface area contributed by atoms with E-state index in [1.807, 2.05) is 0 Å². The van der Waals surface area contributed by atoms with Crippen LogP contribution in [0.3, 0.4) is 0 Å². The molecular formula is C18H21FN2O4S. The molecule has 3 rings (SSSR count). The van der Waals surface area contributed by atoms with Crippen molar-refractivity contribution in [1.29, 1.82) is 0 Å². The van der Waals surface area contributed by atoms with E-state index in [4.69, 9.17) is 4.42 Å². The number of benzene rings is 1. The third-order valence-electron chi connectivity index (χ3n) is 4.50. The SMILES string of the molecule is Cc1oc(C(=O)N[C@@H](C)c2ccccc2F)cc1S(=O)(=O)N1CCCC1. The molecule has 1 aliphatic heterocycles. The second-order valence-corrected chi connectivity index (χ2v) is 8.27. The standard InChI is InChI=1S/C18H21FN2O4S/c1-12(14-7-3-4-8-15(14)19)20-18(22)16-11-17(13(2)25-16)26(23,24)21-9-5-6-10-21/h3-4,7-8,11-12H,5-6,9-10H2,1-2H3,(H,20,22)/t12-/m0/s1. The summed E-state index contributed by atoms with van der Waals surface area (Å²) in [6.07, 6.45) is 1.65. The second kappa shape index (κ2) is 7.20. The van der Waals surface area contributed by atoms with Crippen LogP contribution in [-0.2, 0) is 10.0 Å². The van der Waals surface area contributed by atoms with Crippen LogP contribution in [0.1, 0.15) is 47.7 Å². The number of nitrogens with zero attached hydrogens (tertiary/aromatic N) is 1. The molecule has 1 fully saturated rings. The van der Waals surface area contributed by atoms with Crippen LogP contribution >= 0.6 is 0 Å². The van der Waals surface area contributed by atoms with Crippen LogP contribution in [0.15, 0.2) is 39.6 Å². The molecule has 140 valence electrons. The van der Waals surface area contributed by atoms with Gasteiger partial charge in [0.25, 0.3) is 5.91 Å². The number of aryl methyl sites for hydroxylation is 1. The van der Waals surface area contributed by atoms with Gasteiger partial charge in [0.2, 0.25) is 10.0 Å². The van der Waals surface area contributed by atoms with E-state index in [1.54, 1.807) is 25.1 Å². The highest BCUT2D eigenvalue weighted by Crippen LogP contribution is 2.27. The van der Waals surface area contributed by atoms with Crippen molar-refractivity contribution in [3.05, 3.63) is 53.2 Å². The number of nitrogens with one attached hydrogen (secondary N) is 1. The van der Waals surface area contributed by atoms with Crippen molar-refractivity contribution in [3.8, 4) is 0 Å². The predicted molar refractivity (Wildman–Crippen MR) is 93.7 cm³/mol. The molecule has 2 heterocycles. The van der Waals surface area contributed by atoms with Gasteiger partial charge >= 0.3 is 0 Å². The first-order chi connectivity index (χ1) is 12.3. The Kier molecular flexibility index (Phi) is 5.15. The number of sulfonamides is 1. The van der Waals surface area contributed by atoms with E-state index in [2.05, 4.69) is 5.32 Å². The van der Waals surface area contributed by atoms with Gasteiger partial charge in [-0.15, -0.1) is 0 Å². The minimum Gasteiger partial charge on any atom is -0.455 e. The maximum Gasteiger partial charge on any atom is 0.287 e. The molecule has 0 unspecified atom stereocenters. The first-order valence-electron chi connectivity index (χ1n) is 8.46. The number of hydrogen-bond donors (Lipinski definition) is 1. The van der Waals surface area contributed by atoms with Gasteiger partial charge in [-0.2, -0.15) is 4.31 Å². The summed E-state index contributed by atoms with van der Waals surface area (Å²) in [5, 5.41) is 2.63. The number of furan rings is 1. The van der Waals surface area contributed by atoms with Crippen molar-refractivity contribution in [3.63, 3.8) is 0 Å². The predicted octanol–water partition coefficient (Wildman–Crippen LogP) is 3.00. The van der Waals surface area contributed by atoms with Crippen LogP contribution in [-0.4, -0.2) is 31.7 Å². The summed E-state index contributed by atoms with van der Waals surface area (Å²) in [5.41, 5.74) is 0.342. The molecule has 1 aliphatic rings. The van der Waals surface area contributed by atoms with Crippen LogP contribution in [0.5, 0.6) is 0 Å². The summed E-state index contributed by atoms with van der Waals surface area (Å²) < 4.78 is 45.9. The summed E-state index contributed by atoms with van der Waals surface area (Å²) in [7, 11) is -3.67. The Labute approximate surface area is 152 Å². The lowest BCUT2D eigenvalue weighted by molar-refractivity contribution is 0.0910. The molecule has 8 heteroatoms. The highest BCUT2D eigenvalue weighted by Gasteiger charge is 2.32. The van der Waals surface area contributed by atoms with Gasteiger partial charge in [-0.3, -0.25) is 4.79 Å². The fraction of sp³-hybridized carbons (Fsp3) is 0.389. The average Bonchev–Trinajstić information content (AvgIpc) is 3.25. The molecule has 1 atom stereocenters. The normalized spacial score (nSPS) is 16.6. The van der Waals surface area contributed by atoms with Gasteiger partial charge in [0.1, 0.15) is 16.5 Å². The van der Waals surface area contributed by atoms with Crippen molar-refractivity contribution in [2.75, 3.05) is 13.1 Å². The molecule has 0 aliphatic carbocycles. The Bertz CT molecular complexity index is 917. The molecule has 26 heavy (non-hydrogen) atoms. The van der Waals surface area contributed by atoms with Crippen LogP contribution < -0.4 is 5.32 Å². The van der Waals surface area contributed by atoms with E-state index in [0.29, 0.717) is 18.7 Å². The molecular weight excluding hydrogens is 359 g/mol. The number of halogens is 1. The lowest BCUT2D eigenvalue weighted by Crippen LogP contribution is -2.28. The number of hydrogen-bond acceptors (Lipinski definition) is 4. The summed E-state index contributed by atoms with van der Waals surface area (Å²) in [5.74, 6) is -0.955. The molecule has 6 nitrogen and oxygen atoms in total. The van der Waals surface area contributed by atoms with Gasteiger partial charge in [0.05, 0.1) is 6.04 Å². The van der Waals surface area contributed by atoms with Gasteiger partial charge in [-0.05, 0) is 32.8 Å². The molecule has 1 N–H and O–H groups in total. The summed E-state index contributed by atoms with van der Waals surface area (Å²) >= 11 is 0. The van der Waals surface area contributed by atoms with Crippen LogP contribution in [0.4, 0.5) is 4.39 Å². The van der Waals surface area contributed by atoms with Crippen LogP contribution in [0.25, 0.3) is 0 Å². The zero-order chi connectivity index (χ0) is 18.9. The summed E-state index contributed by atoms with van der Waals surface area (Å²) in [6, 6.07) is 6.80. The van der Waals surface area contributed by atoms with E-state index in [1.165, 1.54) is 23.4 Å². The van der Waals surface area contributed by atoms with E-state index >= 15 is 0 Å². The fourth-order valence-electron chi connectivity index (χ4n) is 3.07.